The van der Waals surface area contributed by atoms with Crippen molar-refractivity contribution in [3.8, 4) is 33.4 Å². The van der Waals surface area contributed by atoms with Crippen LogP contribution in [0.2, 0.25) is 0 Å². The van der Waals surface area contributed by atoms with Crippen LogP contribution in [-0.4, -0.2) is 0 Å². The van der Waals surface area contributed by atoms with Crippen LogP contribution in [0, 0.1) is 13.8 Å². The summed E-state index contributed by atoms with van der Waals surface area (Å²) in [5, 5.41) is 9.44. The van der Waals surface area contributed by atoms with Crippen molar-refractivity contribution >= 4 is 27.2 Å². The van der Waals surface area contributed by atoms with Gasteiger partial charge < -0.3 is 5.32 Å². The van der Waals surface area contributed by atoms with Gasteiger partial charge in [-0.3, -0.25) is 0 Å². The number of benzene rings is 7. The maximum Gasteiger partial charge on any atom is 0.0620 e. The lowest BCUT2D eigenvalue weighted by Gasteiger charge is -2.36. The van der Waals surface area contributed by atoms with Crippen LogP contribution in [0.25, 0.3) is 54.9 Å². The molecule has 1 N–H and O–H groups in total. The molecule has 0 atom stereocenters. The van der Waals surface area contributed by atoms with Crippen LogP contribution in [0.15, 0.2) is 121 Å². The monoisotopic (exact) mass is 675 g/mol. The topological polar surface area (TPSA) is 12.0 Å². The molecule has 1 heteroatoms. The SMILES string of the molecule is CCC(CC)(Nc1ccc2c(c1)C(C)(C)c1cc3ccccc3cc1-2)c1ccc2c(c1)C(C)(C)c1cc(-c3cc(C)ccc3C)c3ccccc3c1-2. The van der Waals surface area contributed by atoms with Crippen LogP contribution < -0.4 is 5.32 Å². The van der Waals surface area contributed by atoms with Crippen molar-refractivity contribution in [1.82, 2.24) is 0 Å². The minimum atomic E-state index is -0.204. The van der Waals surface area contributed by atoms with Crippen molar-refractivity contribution in [3.63, 3.8) is 0 Å². The van der Waals surface area contributed by atoms with Crippen LogP contribution in [0.3, 0.4) is 0 Å². The van der Waals surface area contributed by atoms with Crippen LogP contribution in [-0.2, 0) is 16.4 Å². The maximum absolute atomic E-state index is 4.15. The number of nitrogens with one attached hydrogen (secondary N) is 1. The summed E-state index contributed by atoms with van der Waals surface area (Å²) in [5.74, 6) is 0. The van der Waals surface area contributed by atoms with Gasteiger partial charge in [0.25, 0.3) is 0 Å². The summed E-state index contributed by atoms with van der Waals surface area (Å²) < 4.78 is 0. The van der Waals surface area contributed by atoms with E-state index in [9.17, 15) is 0 Å². The van der Waals surface area contributed by atoms with Crippen LogP contribution >= 0.6 is 0 Å². The largest absolute Gasteiger partial charge is 0.376 e. The van der Waals surface area contributed by atoms with E-state index in [1.54, 1.807) is 0 Å². The fourth-order valence-electron chi connectivity index (χ4n) is 9.81. The number of hydrogen-bond donors (Lipinski definition) is 1. The zero-order chi connectivity index (χ0) is 36.2. The smallest absolute Gasteiger partial charge is 0.0620 e. The molecular formula is C51H49N. The molecule has 0 unspecified atom stereocenters. The van der Waals surface area contributed by atoms with Gasteiger partial charge in [0, 0.05) is 16.5 Å². The van der Waals surface area contributed by atoms with E-state index in [0.717, 1.165) is 12.8 Å². The van der Waals surface area contributed by atoms with E-state index in [4.69, 9.17) is 0 Å². The first-order valence-corrected chi connectivity index (χ1v) is 19.2. The van der Waals surface area contributed by atoms with Gasteiger partial charge in [-0.25, -0.2) is 0 Å². The van der Waals surface area contributed by atoms with Crippen LogP contribution in [0.4, 0.5) is 5.69 Å². The normalized spacial score (nSPS) is 15.0. The van der Waals surface area contributed by atoms with E-state index < -0.39 is 0 Å². The molecule has 7 aromatic carbocycles. The van der Waals surface area contributed by atoms with Crippen molar-refractivity contribution < 1.29 is 0 Å². The molecule has 2 aliphatic rings. The van der Waals surface area contributed by atoms with E-state index in [0.29, 0.717) is 0 Å². The third-order valence-electron chi connectivity index (χ3n) is 13.0. The standard InChI is InChI=1S/C51H49N/c1-9-51(10-2,52-36-22-24-38-43-26-33-15-11-12-16-34(33)27-44(43)49(5,6)46(38)29-36)35-21-23-40-45(28-35)50(7,8)47-30-42(41-25-31(3)19-20-32(41)4)37-17-13-14-18-39(37)48(40)47/h11-30,52H,9-10H2,1-8H3. The average molecular weight is 676 g/mol. The molecule has 0 fully saturated rings. The summed E-state index contributed by atoms with van der Waals surface area (Å²) in [7, 11) is 0. The molecule has 0 heterocycles. The second kappa shape index (κ2) is 11.4. The van der Waals surface area contributed by atoms with Gasteiger partial charge in [-0.2, -0.15) is 0 Å². The molecule has 7 aromatic rings. The summed E-state index contributed by atoms with van der Waals surface area (Å²) in [4.78, 5) is 0. The molecule has 0 saturated heterocycles. The Hall–Kier alpha value is -5.14. The number of hydrogen-bond acceptors (Lipinski definition) is 1. The van der Waals surface area contributed by atoms with E-state index in [2.05, 4.69) is 182 Å². The van der Waals surface area contributed by atoms with E-state index in [-0.39, 0.29) is 16.4 Å². The van der Waals surface area contributed by atoms with E-state index >= 15 is 0 Å². The van der Waals surface area contributed by atoms with Crippen LogP contribution in [0.5, 0.6) is 0 Å². The fourth-order valence-corrected chi connectivity index (χ4v) is 9.81. The molecular weight excluding hydrogens is 627 g/mol. The van der Waals surface area contributed by atoms with Gasteiger partial charge in [0.2, 0.25) is 0 Å². The molecule has 0 bridgehead atoms. The zero-order valence-electron chi connectivity index (χ0n) is 32.0. The van der Waals surface area contributed by atoms with Crippen molar-refractivity contribution in [3.05, 3.63) is 160 Å². The number of fused-ring (bicyclic) bond motifs is 9. The summed E-state index contributed by atoms with van der Waals surface area (Å²) >= 11 is 0. The molecule has 1 nitrogen and oxygen atoms in total. The lowest BCUT2D eigenvalue weighted by atomic mass is 9.77. The van der Waals surface area contributed by atoms with Crippen molar-refractivity contribution in [2.24, 2.45) is 0 Å². The van der Waals surface area contributed by atoms with Crippen molar-refractivity contribution in [2.75, 3.05) is 5.32 Å². The van der Waals surface area contributed by atoms with Crippen LogP contribution in [0.1, 0.15) is 93.3 Å². The molecule has 9 rings (SSSR count). The van der Waals surface area contributed by atoms with E-state index in [1.165, 1.54) is 99.6 Å². The average Bonchev–Trinajstić information content (AvgIpc) is 3.52. The summed E-state index contributed by atoms with van der Waals surface area (Å²) in [6.45, 7) is 18.8. The fraction of sp³-hybridized carbons (Fsp3) is 0.255. The molecule has 0 aromatic heterocycles. The highest BCUT2D eigenvalue weighted by Crippen LogP contribution is 2.55. The molecule has 258 valence electrons. The maximum atomic E-state index is 4.15. The molecule has 0 amide bonds. The Morgan fingerprint density at radius 1 is 0.500 bits per heavy atom. The lowest BCUT2D eigenvalue weighted by Crippen LogP contribution is -2.34. The number of rotatable bonds is 6. The van der Waals surface area contributed by atoms with Gasteiger partial charge in [0.1, 0.15) is 0 Å². The second-order valence-corrected chi connectivity index (χ2v) is 16.6. The molecule has 52 heavy (non-hydrogen) atoms. The number of anilines is 1. The van der Waals surface area contributed by atoms with Gasteiger partial charge in [-0.1, -0.05) is 138 Å². The lowest BCUT2D eigenvalue weighted by molar-refractivity contribution is 0.453. The number of aryl methyl sites for hydroxylation is 2. The zero-order valence-corrected chi connectivity index (χ0v) is 32.0. The van der Waals surface area contributed by atoms with Gasteiger partial charge in [0.05, 0.1) is 5.54 Å². The van der Waals surface area contributed by atoms with Gasteiger partial charge >= 0.3 is 0 Å². The first-order valence-electron chi connectivity index (χ1n) is 19.2. The van der Waals surface area contributed by atoms with E-state index in [1.807, 2.05) is 0 Å². The van der Waals surface area contributed by atoms with Gasteiger partial charge in [-0.05, 0) is 145 Å². The summed E-state index contributed by atoms with van der Waals surface area (Å²) in [6.07, 6.45) is 1.98. The molecule has 0 spiro atoms. The highest BCUT2D eigenvalue weighted by molar-refractivity contribution is 6.09. The highest BCUT2D eigenvalue weighted by atomic mass is 15.0. The Morgan fingerprint density at radius 2 is 1.13 bits per heavy atom. The van der Waals surface area contributed by atoms with Crippen molar-refractivity contribution in [1.29, 1.82) is 0 Å². The minimum Gasteiger partial charge on any atom is -0.376 e. The Morgan fingerprint density at radius 3 is 1.88 bits per heavy atom. The Balaban J connectivity index is 1.14. The highest BCUT2D eigenvalue weighted by Gasteiger charge is 2.40. The molecule has 0 radical (unpaired) electrons. The predicted octanol–water partition coefficient (Wildman–Crippen LogP) is 14.0. The van der Waals surface area contributed by atoms with Gasteiger partial charge in [0.15, 0.2) is 0 Å². The first kappa shape index (κ1) is 32.7. The van der Waals surface area contributed by atoms with Crippen molar-refractivity contribution in [2.45, 2.75) is 84.6 Å². The van der Waals surface area contributed by atoms with Gasteiger partial charge in [-0.15, -0.1) is 0 Å². The predicted molar refractivity (Wildman–Crippen MR) is 224 cm³/mol. The second-order valence-electron chi connectivity index (χ2n) is 16.6. The third kappa shape index (κ3) is 4.61. The summed E-state index contributed by atoms with van der Waals surface area (Å²) in [6, 6.07) is 46.5. The quantitative estimate of drug-likeness (QED) is 0.185. The molecule has 0 aliphatic heterocycles. The molecule has 0 saturated carbocycles. The minimum absolute atomic E-state index is 0.0739. The summed E-state index contributed by atoms with van der Waals surface area (Å²) in [5.41, 5.74) is 18.6. The third-order valence-corrected chi connectivity index (χ3v) is 13.0. The Kier molecular flexibility index (Phi) is 7.20. The Bertz CT molecular complexity index is 2590. The molecule has 2 aliphatic carbocycles. The first-order chi connectivity index (χ1) is 25.0. The Labute approximate surface area is 309 Å².